The Labute approximate surface area is 132 Å². The third-order valence-electron chi connectivity index (χ3n) is 4.05. The molecule has 0 aliphatic carbocycles. The van der Waals surface area contributed by atoms with E-state index in [2.05, 4.69) is 0 Å². The molecule has 0 saturated carbocycles. The van der Waals surface area contributed by atoms with Crippen LogP contribution in [0.3, 0.4) is 0 Å². The number of sulfonamides is 1. The Hall–Kier alpha value is -1.40. The second-order valence-corrected chi connectivity index (χ2v) is 7.55. The van der Waals surface area contributed by atoms with E-state index in [4.69, 9.17) is 4.74 Å². The van der Waals surface area contributed by atoms with Crippen LogP contribution in [0.2, 0.25) is 0 Å². The van der Waals surface area contributed by atoms with Crippen molar-refractivity contribution in [1.82, 2.24) is 4.31 Å². The van der Waals surface area contributed by atoms with Gasteiger partial charge in [0.1, 0.15) is 0 Å². The van der Waals surface area contributed by atoms with Crippen LogP contribution in [0.25, 0.3) is 0 Å². The van der Waals surface area contributed by atoms with Crippen LogP contribution in [-0.4, -0.2) is 37.4 Å². The monoisotopic (exact) mass is 325 g/mol. The second kappa shape index (κ2) is 6.79. The van der Waals surface area contributed by atoms with Gasteiger partial charge in [0.2, 0.25) is 10.0 Å². The summed E-state index contributed by atoms with van der Waals surface area (Å²) in [5, 5.41) is 0. The highest BCUT2D eigenvalue weighted by atomic mass is 32.2. The Kier molecular flexibility index (Phi) is 5.24. The number of esters is 1. The van der Waals surface area contributed by atoms with Crippen molar-refractivity contribution < 1.29 is 17.9 Å². The molecule has 0 N–H and O–H groups in total. The minimum Gasteiger partial charge on any atom is -0.462 e. The van der Waals surface area contributed by atoms with Gasteiger partial charge in [-0.25, -0.2) is 13.2 Å². The number of hydrogen-bond donors (Lipinski definition) is 0. The predicted molar refractivity (Wildman–Crippen MR) is 84.2 cm³/mol. The van der Waals surface area contributed by atoms with Crippen LogP contribution in [0, 0.1) is 0 Å². The zero-order valence-corrected chi connectivity index (χ0v) is 14.1. The molecule has 1 aliphatic heterocycles. The van der Waals surface area contributed by atoms with Gasteiger partial charge in [-0.15, -0.1) is 0 Å². The van der Waals surface area contributed by atoms with Gasteiger partial charge < -0.3 is 4.74 Å². The van der Waals surface area contributed by atoms with E-state index in [-0.39, 0.29) is 17.0 Å². The molecule has 0 bridgehead atoms. The van der Waals surface area contributed by atoms with Crippen molar-refractivity contribution in [3.63, 3.8) is 0 Å². The first kappa shape index (κ1) is 17.0. The average molecular weight is 325 g/mol. The number of benzene rings is 1. The molecular weight excluding hydrogens is 302 g/mol. The summed E-state index contributed by atoms with van der Waals surface area (Å²) in [7, 11) is -3.53. The van der Waals surface area contributed by atoms with E-state index in [1.54, 1.807) is 11.2 Å². The Balaban J connectivity index is 2.28. The van der Waals surface area contributed by atoms with Crippen LogP contribution in [0.4, 0.5) is 0 Å². The fourth-order valence-electron chi connectivity index (χ4n) is 2.97. The second-order valence-electron chi connectivity index (χ2n) is 5.71. The van der Waals surface area contributed by atoms with Gasteiger partial charge in [0.25, 0.3) is 0 Å². The molecule has 6 heteroatoms. The van der Waals surface area contributed by atoms with Crippen LogP contribution < -0.4 is 0 Å². The highest BCUT2D eigenvalue weighted by Gasteiger charge is 2.35. The zero-order chi connectivity index (χ0) is 16.3. The van der Waals surface area contributed by atoms with Crippen LogP contribution in [0.5, 0.6) is 0 Å². The largest absolute Gasteiger partial charge is 0.462 e. The average Bonchev–Trinajstić information content (AvgIpc) is 2.47. The van der Waals surface area contributed by atoms with Gasteiger partial charge in [-0.05, 0) is 57.9 Å². The van der Waals surface area contributed by atoms with Crippen LogP contribution in [-0.2, 0) is 14.8 Å². The van der Waals surface area contributed by atoms with Crippen LogP contribution in [0.1, 0.15) is 50.4 Å². The SMILES string of the molecule is CCOC(=O)c1ccc(S(=O)(=O)N2[C@H](C)CCC[C@@H]2C)cc1. The van der Waals surface area contributed by atoms with Crippen molar-refractivity contribution in [2.75, 3.05) is 6.61 Å². The van der Waals surface area contributed by atoms with Crippen molar-refractivity contribution in [2.24, 2.45) is 0 Å². The molecule has 2 atom stereocenters. The van der Waals surface area contributed by atoms with Crippen LogP contribution in [0.15, 0.2) is 29.2 Å². The molecule has 22 heavy (non-hydrogen) atoms. The van der Waals surface area contributed by atoms with Gasteiger partial charge in [0.05, 0.1) is 17.1 Å². The van der Waals surface area contributed by atoms with E-state index in [0.717, 1.165) is 19.3 Å². The summed E-state index contributed by atoms with van der Waals surface area (Å²) in [6.07, 6.45) is 2.81. The molecule has 0 unspecified atom stereocenters. The molecule has 1 heterocycles. The summed E-state index contributed by atoms with van der Waals surface area (Å²) in [5.74, 6) is -0.439. The molecule has 0 spiro atoms. The van der Waals surface area contributed by atoms with Gasteiger partial charge in [-0.2, -0.15) is 4.31 Å². The van der Waals surface area contributed by atoms with E-state index in [0.29, 0.717) is 12.2 Å². The maximum atomic E-state index is 12.8. The van der Waals surface area contributed by atoms with Crippen molar-refractivity contribution >= 4 is 16.0 Å². The smallest absolute Gasteiger partial charge is 0.338 e. The van der Waals surface area contributed by atoms with Crippen molar-refractivity contribution in [3.05, 3.63) is 29.8 Å². The highest BCUT2D eigenvalue weighted by Crippen LogP contribution is 2.29. The first-order valence-corrected chi connectivity index (χ1v) is 9.12. The minimum atomic E-state index is -3.53. The molecular formula is C16H23NO4S. The van der Waals surface area contributed by atoms with Gasteiger partial charge in [0, 0.05) is 12.1 Å². The van der Waals surface area contributed by atoms with Gasteiger partial charge in [-0.3, -0.25) is 0 Å². The first-order valence-electron chi connectivity index (χ1n) is 7.68. The fraction of sp³-hybridized carbons (Fsp3) is 0.562. The molecule has 0 aromatic heterocycles. The van der Waals surface area contributed by atoms with E-state index in [1.807, 2.05) is 13.8 Å². The molecule has 5 nitrogen and oxygen atoms in total. The lowest BCUT2D eigenvalue weighted by Crippen LogP contribution is -2.47. The summed E-state index contributed by atoms with van der Waals surface area (Å²) < 4.78 is 32.1. The number of carbonyl (C=O) groups is 1. The van der Waals surface area contributed by atoms with Crippen LogP contribution >= 0.6 is 0 Å². The number of piperidine rings is 1. The minimum absolute atomic E-state index is 0.00140. The van der Waals surface area contributed by atoms with E-state index < -0.39 is 16.0 Å². The normalized spacial score (nSPS) is 23.2. The summed E-state index contributed by atoms with van der Waals surface area (Å²) in [4.78, 5) is 11.9. The molecule has 0 amide bonds. The summed E-state index contributed by atoms with van der Waals surface area (Å²) >= 11 is 0. The van der Waals surface area contributed by atoms with E-state index in [9.17, 15) is 13.2 Å². The standard InChI is InChI=1S/C16H23NO4S/c1-4-21-16(18)14-8-10-15(11-9-14)22(19,20)17-12(2)6-5-7-13(17)3/h8-13H,4-7H2,1-3H3/t12-,13+. The first-order chi connectivity index (χ1) is 10.4. The lowest BCUT2D eigenvalue weighted by molar-refractivity contribution is 0.0526. The molecule has 1 aliphatic rings. The third-order valence-corrected chi connectivity index (χ3v) is 6.20. The molecule has 2 rings (SSSR count). The quantitative estimate of drug-likeness (QED) is 0.799. The highest BCUT2D eigenvalue weighted by molar-refractivity contribution is 7.89. The number of nitrogens with zero attached hydrogens (tertiary/aromatic N) is 1. The Morgan fingerprint density at radius 1 is 1.18 bits per heavy atom. The lowest BCUT2D eigenvalue weighted by Gasteiger charge is -2.37. The lowest BCUT2D eigenvalue weighted by atomic mass is 10.0. The Morgan fingerprint density at radius 3 is 2.23 bits per heavy atom. The molecule has 1 fully saturated rings. The van der Waals surface area contributed by atoms with Gasteiger partial charge >= 0.3 is 5.97 Å². The zero-order valence-electron chi connectivity index (χ0n) is 13.3. The topological polar surface area (TPSA) is 63.7 Å². The van der Waals surface area contributed by atoms with E-state index >= 15 is 0 Å². The predicted octanol–water partition coefficient (Wildman–Crippen LogP) is 2.81. The Morgan fingerprint density at radius 2 is 1.73 bits per heavy atom. The van der Waals surface area contributed by atoms with Crippen molar-refractivity contribution in [1.29, 1.82) is 0 Å². The Bertz CT molecular complexity index is 614. The molecule has 1 saturated heterocycles. The maximum absolute atomic E-state index is 12.8. The fourth-order valence-corrected chi connectivity index (χ4v) is 4.85. The summed E-state index contributed by atoms with van der Waals surface area (Å²) in [6, 6.07) is 5.97. The summed E-state index contributed by atoms with van der Waals surface area (Å²) in [6.45, 7) is 5.91. The van der Waals surface area contributed by atoms with Gasteiger partial charge in [0.15, 0.2) is 0 Å². The molecule has 1 aromatic rings. The molecule has 1 aromatic carbocycles. The number of ether oxygens (including phenoxy) is 1. The maximum Gasteiger partial charge on any atom is 0.338 e. The van der Waals surface area contributed by atoms with Crippen molar-refractivity contribution in [3.8, 4) is 0 Å². The molecule has 122 valence electrons. The molecule has 0 radical (unpaired) electrons. The summed E-state index contributed by atoms with van der Waals surface area (Å²) in [5.41, 5.74) is 0.362. The third kappa shape index (κ3) is 3.33. The number of hydrogen-bond acceptors (Lipinski definition) is 4. The number of carbonyl (C=O) groups excluding carboxylic acids is 1. The van der Waals surface area contributed by atoms with Gasteiger partial charge in [-0.1, -0.05) is 6.42 Å². The van der Waals surface area contributed by atoms with E-state index in [1.165, 1.54) is 24.3 Å². The van der Waals surface area contributed by atoms with Crippen molar-refractivity contribution in [2.45, 2.75) is 57.0 Å². The number of rotatable bonds is 4.